The minimum absolute atomic E-state index is 0.182. The number of hydrogen-bond donors (Lipinski definition) is 1. The highest BCUT2D eigenvalue weighted by atomic mass is 79.9. The van der Waals surface area contributed by atoms with Crippen molar-refractivity contribution in [1.29, 1.82) is 0 Å². The number of halogens is 3. The Bertz CT molecular complexity index is 402. The maximum atomic E-state index is 12.3. The van der Waals surface area contributed by atoms with Crippen molar-refractivity contribution < 1.29 is 18.6 Å². The van der Waals surface area contributed by atoms with Gasteiger partial charge in [-0.3, -0.25) is 0 Å². The number of hydrogen-bond acceptors (Lipinski definition) is 3. The van der Waals surface area contributed by atoms with E-state index in [2.05, 4.69) is 20.7 Å². The molecule has 0 saturated heterocycles. The molecule has 1 aromatic rings. The zero-order chi connectivity index (χ0) is 14.4. The summed E-state index contributed by atoms with van der Waals surface area (Å²) < 4.78 is 29.9. The highest BCUT2D eigenvalue weighted by Gasteiger charge is 2.12. The quantitative estimate of drug-likeness (QED) is 0.828. The molecule has 1 unspecified atom stereocenters. The fourth-order valence-electron chi connectivity index (χ4n) is 1.66. The maximum Gasteiger partial charge on any atom is 0.387 e. The van der Waals surface area contributed by atoms with Gasteiger partial charge in [-0.25, -0.2) is 0 Å². The van der Waals surface area contributed by atoms with Gasteiger partial charge in [-0.1, -0.05) is 15.9 Å². The summed E-state index contributed by atoms with van der Waals surface area (Å²) in [6.07, 6.45) is 0.261. The molecule has 0 radical (unpaired) electrons. The van der Waals surface area contributed by atoms with Crippen LogP contribution in [0.1, 0.15) is 18.9 Å². The highest BCUT2D eigenvalue weighted by molar-refractivity contribution is 9.10. The van der Waals surface area contributed by atoms with E-state index in [9.17, 15) is 13.9 Å². The fraction of sp³-hybridized carbons (Fsp3) is 0.538. The van der Waals surface area contributed by atoms with E-state index in [0.717, 1.165) is 4.47 Å². The van der Waals surface area contributed by atoms with Crippen LogP contribution in [0.25, 0.3) is 0 Å². The summed E-state index contributed by atoms with van der Waals surface area (Å²) in [6.45, 7) is 0.0489. The Hall–Kier alpha value is -0.720. The minimum atomic E-state index is -2.83. The molecule has 0 aromatic heterocycles. The van der Waals surface area contributed by atoms with E-state index in [0.29, 0.717) is 25.1 Å². The average Bonchev–Trinajstić information content (AvgIpc) is 2.29. The SMILES string of the molecule is CC(O)CCN(C)Cc1cc(Br)ccc1OC(F)F. The van der Waals surface area contributed by atoms with Gasteiger partial charge in [0, 0.05) is 23.1 Å². The van der Waals surface area contributed by atoms with Gasteiger partial charge >= 0.3 is 6.61 Å². The number of rotatable bonds is 7. The standard InChI is InChI=1S/C13H18BrF2NO2/c1-9(18)5-6-17(2)8-10-7-11(14)3-4-12(10)19-13(15)16/h3-4,7,9,13,18H,5-6,8H2,1-2H3. The molecule has 0 aliphatic rings. The molecule has 0 spiro atoms. The van der Waals surface area contributed by atoms with Crippen molar-refractivity contribution in [3.8, 4) is 5.75 Å². The summed E-state index contributed by atoms with van der Waals surface area (Å²) in [6, 6.07) is 4.95. The number of nitrogens with zero attached hydrogens (tertiary/aromatic N) is 1. The number of alkyl halides is 2. The molecule has 0 amide bonds. The van der Waals surface area contributed by atoms with Crippen molar-refractivity contribution >= 4 is 15.9 Å². The van der Waals surface area contributed by atoms with Crippen molar-refractivity contribution in [1.82, 2.24) is 4.90 Å². The van der Waals surface area contributed by atoms with E-state index >= 15 is 0 Å². The average molecular weight is 338 g/mol. The fourth-order valence-corrected chi connectivity index (χ4v) is 2.07. The molecule has 19 heavy (non-hydrogen) atoms. The van der Waals surface area contributed by atoms with Crippen LogP contribution >= 0.6 is 15.9 Å². The van der Waals surface area contributed by atoms with Crippen LogP contribution in [0.4, 0.5) is 8.78 Å². The molecule has 1 rings (SSSR count). The predicted octanol–water partition coefficient (Wildman–Crippen LogP) is 3.25. The van der Waals surface area contributed by atoms with Gasteiger partial charge in [-0.05, 0) is 38.6 Å². The van der Waals surface area contributed by atoms with Crippen LogP contribution < -0.4 is 4.74 Å². The van der Waals surface area contributed by atoms with Crippen LogP contribution in [0, 0.1) is 0 Å². The van der Waals surface area contributed by atoms with Gasteiger partial charge in [0.2, 0.25) is 0 Å². The maximum absolute atomic E-state index is 12.3. The Morgan fingerprint density at radius 1 is 1.42 bits per heavy atom. The van der Waals surface area contributed by atoms with Gasteiger partial charge in [0.25, 0.3) is 0 Å². The molecule has 108 valence electrons. The van der Waals surface area contributed by atoms with E-state index < -0.39 is 6.61 Å². The zero-order valence-corrected chi connectivity index (χ0v) is 12.5. The Morgan fingerprint density at radius 3 is 2.68 bits per heavy atom. The summed E-state index contributed by atoms with van der Waals surface area (Å²) in [5.74, 6) is 0.182. The molecule has 1 N–H and O–H groups in total. The van der Waals surface area contributed by atoms with Crippen molar-refractivity contribution in [2.75, 3.05) is 13.6 Å². The Balaban J connectivity index is 2.71. The topological polar surface area (TPSA) is 32.7 Å². The van der Waals surface area contributed by atoms with Gasteiger partial charge in [0.1, 0.15) is 5.75 Å². The lowest BCUT2D eigenvalue weighted by atomic mass is 10.2. The summed E-state index contributed by atoms with van der Waals surface area (Å²) in [5, 5.41) is 9.23. The number of aliphatic hydroxyl groups is 1. The smallest absolute Gasteiger partial charge is 0.387 e. The molecule has 0 fully saturated rings. The third kappa shape index (κ3) is 6.31. The molecule has 0 aliphatic carbocycles. The van der Waals surface area contributed by atoms with Gasteiger partial charge in [0.05, 0.1) is 6.10 Å². The second kappa shape index (κ2) is 7.77. The van der Waals surface area contributed by atoms with Crippen LogP contribution in [0.2, 0.25) is 0 Å². The van der Waals surface area contributed by atoms with Gasteiger partial charge in [-0.15, -0.1) is 0 Å². The summed E-state index contributed by atoms with van der Waals surface area (Å²) in [5.41, 5.74) is 0.683. The molecule has 1 atom stereocenters. The largest absolute Gasteiger partial charge is 0.434 e. The molecular formula is C13H18BrF2NO2. The van der Waals surface area contributed by atoms with Crippen molar-refractivity contribution in [3.05, 3.63) is 28.2 Å². The second-order valence-electron chi connectivity index (χ2n) is 4.51. The van der Waals surface area contributed by atoms with Gasteiger partial charge < -0.3 is 14.7 Å². The zero-order valence-electron chi connectivity index (χ0n) is 10.9. The van der Waals surface area contributed by atoms with Crippen molar-refractivity contribution in [3.63, 3.8) is 0 Å². The number of aliphatic hydroxyl groups excluding tert-OH is 1. The normalized spacial score (nSPS) is 13.1. The molecule has 0 bridgehead atoms. The van der Waals surface area contributed by atoms with E-state index in [-0.39, 0.29) is 11.9 Å². The van der Waals surface area contributed by atoms with E-state index in [1.54, 1.807) is 19.1 Å². The highest BCUT2D eigenvalue weighted by Crippen LogP contribution is 2.25. The van der Waals surface area contributed by atoms with E-state index in [1.807, 2.05) is 11.9 Å². The third-order valence-electron chi connectivity index (χ3n) is 2.61. The molecule has 1 aromatic carbocycles. The first-order valence-corrected chi connectivity index (χ1v) is 6.77. The minimum Gasteiger partial charge on any atom is -0.434 e. The van der Waals surface area contributed by atoms with Crippen LogP contribution in [-0.2, 0) is 6.54 Å². The molecule has 0 aliphatic heterocycles. The Kier molecular flexibility index (Phi) is 6.68. The number of ether oxygens (including phenoxy) is 1. The summed E-state index contributed by atoms with van der Waals surface area (Å²) in [4.78, 5) is 1.95. The predicted molar refractivity (Wildman–Crippen MR) is 73.4 cm³/mol. The number of benzene rings is 1. The molecule has 6 heteroatoms. The first kappa shape index (κ1) is 16.3. The van der Waals surface area contributed by atoms with Crippen LogP contribution in [0.5, 0.6) is 5.75 Å². The van der Waals surface area contributed by atoms with Crippen LogP contribution in [-0.4, -0.2) is 36.3 Å². The van der Waals surface area contributed by atoms with Gasteiger partial charge in [0.15, 0.2) is 0 Å². The Labute approximate surface area is 120 Å². The van der Waals surface area contributed by atoms with Gasteiger partial charge in [-0.2, -0.15) is 8.78 Å². The third-order valence-corrected chi connectivity index (χ3v) is 3.10. The van der Waals surface area contributed by atoms with Crippen LogP contribution in [0.15, 0.2) is 22.7 Å². The molecule has 0 saturated carbocycles. The van der Waals surface area contributed by atoms with Crippen LogP contribution in [0.3, 0.4) is 0 Å². The summed E-state index contributed by atoms with van der Waals surface area (Å²) in [7, 11) is 1.87. The van der Waals surface area contributed by atoms with Crippen molar-refractivity contribution in [2.24, 2.45) is 0 Å². The van der Waals surface area contributed by atoms with E-state index in [1.165, 1.54) is 6.07 Å². The molecule has 3 nitrogen and oxygen atoms in total. The summed E-state index contributed by atoms with van der Waals surface area (Å²) >= 11 is 3.31. The monoisotopic (exact) mass is 337 g/mol. The lowest BCUT2D eigenvalue weighted by Gasteiger charge is -2.19. The lowest BCUT2D eigenvalue weighted by molar-refractivity contribution is -0.0507. The first-order valence-electron chi connectivity index (χ1n) is 5.98. The first-order chi connectivity index (χ1) is 8.88. The van der Waals surface area contributed by atoms with E-state index in [4.69, 9.17) is 0 Å². The Morgan fingerprint density at radius 2 is 2.11 bits per heavy atom. The second-order valence-corrected chi connectivity index (χ2v) is 5.42. The van der Waals surface area contributed by atoms with Crippen molar-refractivity contribution in [2.45, 2.75) is 32.6 Å². The lowest BCUT2D eigenvalue weighted by Crippen LogP contribution is -2.22. The molecular weight excluding hydrogens is 320 g/mol. The molecule has 0 heterocycles.